The van der Waals surface area contributed by atoms with Gasteiger partial charge in [-0.3, -0.25) is 14.5 Å². The van der Waals surface area contributed by atoms with Crippen LogP contribution in [0, 0.1) is 12.3 Å². The van der Waals surface area contributed by atoms with Crippen LogP contribution in [0.2, 0.25) is 0 Å². The molecule has 6 heteroatoms. The average Bonchev–Trinajstić information content (AvgIpc) is 2.38. The second kappa shape index (κ2) is 7.81. The van der Waals surface area contributed by atoms with Crippen LogP contribution in [0.5, 0.6) is 5.75 Å². The molecule has 0 aliphatic rings. The molecule has 0 heterocycles. The third kappa shape index (κ3) is 5.42. The number of anilines is 1. The van der Waals surface area contributed by atoms with Crippen LogP contribution in [-0.2, 0) is 9.59 Å². The number of nitrogens with zero attached hydrogens (tertiary/aromatic N) is 1. The molecule has 0 aliphatic heterocycles. The molecule has 0 radical (unpaired) electrons. The van der Waals surface area contributed by atoms with Gasteiger partial charge in [0.25, 0.3) is 0 Å². The predicted octanol–water partition coefficient (Wildman–Crippen LogP) is 0.653. The van der Waals surface area contributed by atoms with E-state index in [4.69, 9.17) is 16.3 Å². The Morgan fingerprint density at radius 1 is 1.45 bits per heavy atom. The molecule has 0 unspecified atom stereocenters. The van der Waals surface area contributed by atoms with Crippen molar-refractivity contribution in [1.82, 2.24) is 4.90 Å². The Kier molecular flexibility index (Phi) is 6.07. The van der Waals surface area contributed by atoms with Crippen molar-refractivity contribution in [1.29, 1.82) is 0 Å². The minimum Gasteiger partial charge on any atom is -0.497 e. The van der Waals surface area contributed by atoms with E-state index in [1.807, 2.05) is 0 Å². The molecule has 0 fully saturated rings. The molecule has 1 aromatic rings. The van der Waals surface area contributed by atoms with Crippen LogP contribution in [0.15, 0.2) is 24.3 Å². The molecule has 0 aliphatic carbocycles. The summed E-state index contributed by atoms with van der Waals surface area (Å²) in [6, 6.07) is 6.87. The molecule has 2 N–H and O–H groups in total. The number of carbonyl (C=O) groups excluding carboxylic acids is 1. The molecule has 20 heavy (non-hydrogen) atoms. The van der Waals surface area contributed by atoms with Gasteiger partial charge in [-0.1, -0.05) is 12.0 Å². The van der Waals surface area contributed by atoms with Crippen LogP contribution in [0.3, 0.4) is 0 Å². The lowest BCUT2D eigenvalue weighted by Crippen LogP contribution is -2.37. The van der Waals surface area contributed by atoms with E-state index in [1.165, 1.54) is 12.0 Å². The zero-order chi connectivity index (χ0) is 15.0. The summed E-state index contributed by atoms with van der Waals surface area (Å²) < 4.78 is 5.04. The van der Waals surface area contributed by atoms with Gasteiger partial charge >= 0.3 is 5.97 Å². The summed E-state index contributed by atoms with van der Waals surface area (Å²) in [5, 5.41) is 11.4. The summed E-state index contributed by atoms with van der Waals surface area (Å²) in [5.74, 6) is 1.57. The van der Waals surface area contributed by atoms with Crippen LogP contribution in [0.1, 0.15) is 0 Å². The zero-order valence-corrected chi connectivity index (χ0v) is 11.1. The largest absolute Gasteiger partial charge is 0.497 e. The maximum Gasteiger partial charge on any atom is 0.317 e. The molecular formula is C14H16N2O4. The molecule has 0 spiro atoms. The first-order valence-corrected chi connectivity index (χ1v) is 5.86. The van der Waals surface area contributed by atoms with Crippen LogP contribution in [-0.4, -0.2) is 48.6 Å². The highest BCUT2D eigenvalue weighted by Crippen LogP contribution is 2.16. The summed E-state index contributed by atoms with van der Waals surface area (Å²) in [6.07, 6.45) is 5.14. The number of ether oxygens (including phenoxy) is 1. The van der Waals surface area contributed by atoms with Gasteiger partial charge in [0.15, 0.2) is 0 Å². The van der Waals surface area contributed by atoms with E-state index < -0.39 is 5.97 Å². The summed E-state index contributed by atoms with van der Waals surface area (Å²) in [5.41, 5.74) is 0.574. The molecular weight excluding hydrogens is 260 g/mol. The quantitative estimate of drug-likeness (QED) is 0.715. The number of terminal acetylenes is 1. The Balaban J connectivity index is 2.60. The molecule has 1 aromatic carbocycles. The Bertz CT molecular complexity index is 522. The van der Waals surface area contributed by atoms with E-state index in [9.17, 15) is 9.59 Å². The molecule has 0 bridgehead atoms. The molecule has 1 amide bonds. The van der Waals surface area contributed by atoms with Gasteiger partial charge in [0.05, 0.1) is 26.7 Å². The van der Waals surface area contributed by atoms with Gasteiger partial charge in [-0.25, -0.2) is 0 Å². The van der Waals surface area contributed by atoms with Gasteiger partial charge in [-0.2, -0.15) is 0 Å². The smallest absolute Gasteiger partial charge is 0.317 e. The highest BCUT2D eigenvalue weighted by molar-refractivity contribution is 5.92. The normalized spacial score (nSPS) is 9.85. The lowest BCUT2D eigenvalue weighted by atomic mass is 10.3. The Labute approximate surface area is 117 Å². The molecule has 0 saturated carbocycles. The number of carbonyl (C=O) groups is 2. The number of rotatable bonds is 7. The van der Waals surface area contributed by atoms with Crippen molar-refractivity contribution >= 4 is 17.6 Å². The molecule has 0 saturated heterocycles. The van der Waals surface area contributed by atoms with Gasteiger partial charge in [0.2, 0.25) is 5.91 Å². The van der Waals surface area contributed by atoms with Gasteiger partial charge < -0.3 is 15.2 Å². The number of nitrogens with one attached hydrogen (secondary N) is 1. The fourth-order valence-electron chi connectivity index (χ4n) is 1.59. The number of aliphatic carboxylic acids is 1. The maximum atomic E-state index is 11.8. The van der Waals surface area contributed by atoms with E-state index >= 15 is 0 Å². The summed E-state index contributed by atoms with van der Waals surface area (Å²) in [4.78, 5) is 23.8. The topological polar surface area (TPSA) is 78.9 Å². The zero-order valence-electron chi connectivity index (χ0n) is 11.1. The Morgan fingerprint density at radius 2 is 2.20 bits per heavy atom. The maximum absolute atomic E-state index is 11.8. The van der Waals surface area contributed by atoms with Crippen LogP contribution < -0.4 is 10.1 Å². The first kappa shape index (κ1) is 15.5. The number of hydrogen-bond acceptors (Lipinski definition) is 4. The molecule has 0 aromatic heterocycles. The monoisotopic (exact) mass is 276 g/mol. The first-order valence-electron chi connectivity index (χ1n) is 5.86. The first-order chi connectivity index (χ1) is 9.55. The van der Waals surface area contributed by atoms with Crippen molar-refractivity contribution in [3.63, 3.8) is 0 Å². The average molecular weight is 276 g/mol. The summed E-state index contributed by atoms with van der Waals surface area (Å²) in [6.45, 7) is -0.277. The second-order valence-electron chi connectivity index (χ2n) is 4.02. The van der Waals surface area contributed by atoms with Gasteiger partial charge in [0, 0.05) is 11.8 Å². The number of carboxylic acids is 1. The minimum absolute atomic E-state index is 0.0896. The van der Waals surface area contributed by atoms with E-state index in [0.717, 1.165) is 0 Å². The lowest BCUT2D eigenvalue weighted by molar-refractivity contribution is -0.138. The van der Waals surface area contributed by atoms with E-state index in [1.54, 1.807) is 24.3 Å². The van der Waals surface area contributed by atoms with E-state index in [2.05, 4.69) is 11.2 Å². The minimum atomic E-state index is -1.03. The number of methoxy groups -OCH3 is 1. The van der Waals surface area contributed by atoms with Crippen LogP contribution >= 0.6 is 0 Å². The number of carboxylic acid groups (broad SMARTS) is 1. The third-order valence-corrected chi connectivity index (χ3v) is 2.39. The number of amides is 1. The predicted molar refractivity (Wildman–Crippen MR) is 74.5 cm³/mol. The molecule has 1 rings (SSSR count). The molecule has 6 nitrogen and oxygen atoms in total. The summed E-state index contributed by atoms with van der Waals surface area (Å²) in [7, 11) is 1.53. The van der Waals surface area contributed by atoms with Crippen LogP contribution in [0.4, 0.5) is 5.69 Å². The second-order valence-corrected chi connectivity index (χ2v) is 4.02. The molecule has 106 valence electrons. The fraction of sp³-hybridized carbons (Fsp3) is 0.286. The SMILES string of the molecule is C#CCN(CC(=O)O)CC(=O)Nc1cccc(OC)c1. The number of benzene rings is 1. The Morgan fingerprint density at radius 3 is 2.80 bits per heavy atom. The third-order valence-electron chi connectivity index (χ3n) is 2.39. The van der Waals surface area contributed by atoms with Gasteiger partial charge in [-0.15, -0.1) is 6.42 Å². The highest BCUT2D eigenvalue weighted by Gasteiger charge is 2.13. The van der Waals surface area contributed by atoms with E-state index in [-0.39, 0.29) is 25.5 Å². The van der Waals surface area contributed by atoms with Gasteiger partial charge in [0.1, 0.15) is 5.75 Å². The van der Waals surface area contributed by atoms with E-state index in [0.29, 0.717) is 11.4 Å². The fourth-order valence-corrected chi connectivity index (χ4v) is 1.59. The van der Waals surface area contributed by atoms with Crippen LogP contribution in [0.25, 0.3) is 0 Å². The van der Waals surface area contributed by atoms with Crippen molar-refractivity contribution in [2.45, 2.75) is 0 Å². The van der Waals surface area contributed by atoms with Crippen molar-refractivity contribution < 1.29 is 19.4 Å². The standard InChI is InChI=1S/C14H16N2O4/c1-3-7-16(10-14(18)19)9-13(17)15-11-5-4-6-12(8-11)20-2/h1,4-6,8H,7,9-10H2,2H3,(H,15,17)(H,18,19). The highest BCUT2D eigenvalue weighted by atomic mass is 16.5. The molecule has 0 atom stereocenters. The van der Waals surface area contributed by atoms with Gasteiger partial charge in [-0.05, 0) is 12.1 Å². The summed E-state index contributed by atoms with van der Waals surface area (Å²) >= 11 is 0. The Hall–Kier alpha value is -2.52. The number of hydrogen-bond donors (Lipinski definition) is 2. The van der Waals surface area contributed by atoms with Crippen molar-refractivity contribution in [2.24, 2.45) is 0 Å². The lowest BCUT2D eigenvalue weighted by Gasteiger charge is -2.16. The van der Waals surface area contributed by atoms with Crippen molar-refractivity contribution in [3.05, 3.63) is 24.3 Å². The van der Waals surface area contributed by atoms with Crippen molar-refractivity contribution in [2.75, 3.05) is 32.1 Å². The van der Waals surface area contributed by atoms with Crippen molar-refractivity contribution in [3.8, 4) is 18.1 Å².